The monoisotopic (exact) mass is 258 g/mol. The summed E-state index contributed by atoms with van der Waals surface area (Å²) in [6, 6.07) is 6.53. The van der Waals surface area contributed by atoms with E-state index < -0.39 is 0 Å². The molecule has 0 N–H and O–H groups in total. The Balaban J connectivity index is 2.94. The first-order valence-electron chi connectivity index (χ1n) is 4.43. The molecular weight excluding hydrogens is 247 g/mol. The number of Topliss-reactive ketones (excluding diaryl/α,β-unsaturated/α-hetero) is 1. The number of hydrogen-bond acceptors (Lipinski definition) is 1. The third kappa shape index (κ3) is 2.41. The smallest absolute Gasteiger partial charge is 0.144 e. The fourth-order valence-corrected chi connectivity index (χ4v) is 1.64. The van der Waals surface area contributed by atoms with Crippen molar-refractivity contribution in [2.24, 2.45) is 0 Å². The minimum absolute atomic E-state index is 0.0146. The van der Waals surface area contributed by atoms with Gasteiger partial charge in [-0.3, -0.25) is 4.79 Å². The molecule has 3 heteroatoms. The van der Waals surface area contributed by atoms with Gasteiger partial charge >= 0.3 is 0 Å². The van der Waals surface area contributed by atoms with Crippen molar-refractivity contribution in [2.45, 2.75) is 24.6 Å². The fraction of sp³-hybridized carbons (Fsp3) is 0.364. The molecule has 1 nitrogen and oxygen atoms in total. The highest BCUT2D eigenvalue weighted by molar-refractivity contribution is 9.10. The van der Waals surface area contributed by atoms with Crippen LogP contribution in [0.5, 0.6) is 0 Å². The van der Waals surface area contributed by atoms with Crippen LogP contribution in [-0.4, -0.2) is 10.6 Å². The summed E-state index contributed by atoms with van der Waals surface area (Å²) >= 11 is 3.26. The van der Waals surface area contributed by atoms with E-state index in [1.165, 1.54) is 13.0 Å². The summed E-state index contributed by atoms with van der Waals surface area (Å²) in [5.74, 6) is -0.389. The predicted molar refractivity (Wildman–Crippen MR) is 58.2 cm³/mol. The zero-order valence-corrected chi connectivity index (χ0v) is 9.71. The zero-order chi connectivity index (χ0) is 10.7. The van der Waals surface area contributed by atoms with Crippen molar-refractivity contribution in [1.82, 2.24) is 0 Å². The molecule has 0 bridgehead atoms. The van der Waals surface area contributed by atoms with Gasteiger partial charge in [0.05, 0.1) is 4.83 Å². The van der Waals surface area contributed by atoms with Crippen LogP contribution < -0.4 is 0 Å². The molecule has 0 spiro atoms. The molecule has 1 aromatic rings. The number of carbonyl (C=O) groups excluding carboxylic acids is 1. The quantitative estimate of drug-likeness (QED) is 0.761. The lowest BCUT2D eigenvalue weighted by atomic mass is 9.95. The van der Waals surface area contributed by atoms with Crippen molar-refractivity contribution in [1.29, 1.82) is 0 Å². The van der Waals surface area contributed by atoms with Crippen molar-refractivity contribution >= 4 is 21.7 Å². The molecule has 0 amide bonds. The van der Waals surface area contributed by atoms with E-state index in [1.54, 1.807) is 18.2 Å². The maximum Gasteiger partial charge on any atom is 0.144 e. The molecule has 0 radical (unpaired) electrons. The molecule has 0 aromatic heterocycles. The summed E-state index contributed by atoms with van der Waals surface area (Å²) in [5.41, 5.74) is 0.574. The van der Waals surface area contributed by atoms with Crippen molar-refractivity contribution in [3.8, 4) is 0 Å². The average Bonchev–Trinajstić information content (AvgIpc) is 2.16. The molecule has 2 unspecified atom stereocenters. The molecule has 1 aromatic carbocycles. The van der Waals surface area contributed by atoms with Gasteiger partial charge in [0, 0.05) is 5.92 Å². The van der Waals surface area contributed by atoms with Crippen LogP contribution >= 0.6 is 15.9 Å². The van der Waals surface area contributed by atoms with Crippen LogP contribution in [-0.2, 0) is 4.79 Å². The number of alkyl halides is 1. The van der Waals surface area contributed by atoms with Crippen molar-refractivity contribution in [3.05, 3.63) is 35.6 Å². The lowest BCUT2D eigenvalue weighted by molar-refractivity contribution is -0.116. The second-order valence-corrected chi connectivity index (χ2v) is 4.31. The third-order valence-electron chi connectivity index (χ3n) is 2.22. The highest BCUT2D eigenvalue weighted by Crippen LogP contribution is 2.26. The molecule has 0 aliphatic heterocycles. The lowest BCUT2D eigenvalue weighted by Gasteiger charge is -2.16. The summed E-state index contributed by atoms with van der Waals surface area (Å²) in [6.07, 6.45) is 0. The van der Waals surface area contributed by atoms with E-state index in [0.717, 1.165) is 0 Å². The second kappa shape index (κ2) is 4.69. The standard InChI is InChI=1S/C11H12BrFO/c1-7(11(12)8(2)14)9-5-3-4-6-10(9)13/h3-7,11H,1-2H3. The number of halogens is 2. The first-order valence-corrected chi connectivity index (χ1v) is 5.34. The van der Waals surface area contributed by atoms with Crippen LogP contribution in [0.25, 0.3) is 0 Å². The van der Waals surface area contributed by atoms with Gasteiger partial charge in [0.1, 0.15) is 11.6 Å². The molecule has 76 valence electrons. The summed E-state index contributed by atoms with van der Waals surface area (Å²) in [4.78, 5) is 10.8. The highest BCUT2D eigenvalue weighted by atomic mass is 79.9. The number of ketones is 1. The van der Waals surface area contributed by atoms with Gasteiger partial charge in [-0.2, -0.15) is 0 Å². The van der Waals surface area contributed by atoms with Crippen molar-refractivity contribution in [3.63, 3.8) is 0 Å². The Morgan fingerprint density at radius 3 is 2.50 bits per heavy atom. The van der Waals surface area contributed by atoms with Gasteiger partial charge in [-0.25, -0.2) is 4.39 Å². The van der Waals surface area contributed by atoms with Crippen LogP contribution in [0.15, 0.2) is 24.3 Å². The van der Waals surface area contributed by atoms with Gasteiger partial charge in [-0.1, -0.05) is 41.1 Å². The van der Waals surface area contributed by atoms with Crippen molar-refractivity contribution < 1.29 is 9.18 Å². The molecule has 0 heterocycles. The number of rotatable bonds is 3. The normalized spacial score (nSPS) is 14.9. The average molecular weight is 259 g/mol. The maximum absolute atomic E-state index is 13.3. The Kier molecular flexibility index (Phi) is 3.81. The van der Waals surface area contributed by atoms with E-state index in [-0.39, 0.29) is 22.3 Å². The van der Waals surface area contributed by atoms with Gasteiger partial charge in [0.2, 0.25) is 0 Å². The van der Waals surface area contributed by atoms with E-state index in [1.807, 2.05) is 6.92 Å². The summed E-state index contributed by atoms with van der Waals surface area (Å²) in [5, 5.41) is 0. The first kappa shape index (κ1) is 11.4. The number of hydrogen-bond donors (Lipinski definition) is 0. The molecule has 1 rings (SSSR count). The Labute approximate surface area is 91.5 Å². The minimum Gasteiger partial charge on any atom is -0.299 e. The van der Waals surface area contributed by atoms with Crippen LogP contribution in [0.2, 0.25) is 0 Å². The number of benzene rings is 1. The Morgan fingerprint density at radius 2 is 2.00 bits per heavy atom. The molecule has 0 saturated heterocycles. The van der Waals surface area contributed by atoms with E-state index >= 15 is 0 Å². The molecular formula is C11H12BrFO. The predicted octanol–water partition coefficient (Wildman–Crippen LogP) is 3.28. The van der Waals surface area contributed by atoms with Crippen LogP contribution in [0, 0.1) is 5.82 Å². The van der Waals surface area contributed by atoms with E-state index in [2.05, 4.69) is 15.9 Å². The minimum atomic E-state index is -0.320. The van der Waals surface area contributed by atoms with Gasteiger partial charge < -0.3 is 0 Å². The molecule has 2 atom stereocenters. The zero-order valence-electron chi connectivity index (χ0n) is 8.13. The largest absolute Gasteiger partial charge is 0.299 e. The Hall–Kier alpha value is -0.700. The molecule has 14 heavy (non-hydrogen) atoms. The fourth-order valence-electron chi connectivity index (χ4n) is 1.35. The molecule has 0 aliphatic rings. The van der Waals surface area contributed by atoms with Gasteiger partial charge in [-0.15, -0.1) is 0 Å². The van der Waals surface area contributed by atoms with Gasteiger partial charge in [0.25, 0.3) is 0 Å². The van der Waals surface area contributed by atoms with Crippen molar-refractivity contribution in [2.75, 3.05) is 0 Å². The number of carbonyl (C=O) groups is 1. The molecule has 0 aliphatic carbocycles. The van der Waals surface area contributed by atoms with Crippen LogP contribution in [0.3, 0.4) is 0 Å². The molecule has 0 saturated carbocycles. The second-order valence-electron chi connectivity index (χ2n) is 3.32. The van der Waals surface area contributed by atoms with Gasteiger partial charge in [-0.05, 0) is 18.6 Å². The summed E-state index contributed by atoms with van der Waals surface area (Å²) in [7, 11) is 0. The molecule has 0 fully saturated rings. The summed E-state index contributed by atoms with van der Waals surface area (Å²) < 4.78 is 13.3. The van der Waals surface area contributed by atoms with E-state index in [9.17, 15) is 9.18 Å². The lowest BCUT2D eigenvalue weighted by Crippen LogP contribution is -2.18. The summed E-state index contributed by atoms with van der Waals surface area (Å²) in [6.45, 7) is 3.33. The van der Waals surface area contributed by atoms with E-state index in [4.69, 9.17) is 0 Å². The maximum atomic E-state index is 13.3. The Morgan fingerprint density at radius 1 is 1.43 bits per heavy atom. The Bertz CT molecular complexity index is 338. The van der Waals surface area contributed by atoms with Gasteiger partial charge in [0.15, 0.2) is 0 Å². The first-order chi connectivity index (χ1) is 6.54. The highest BCUT2D eigenvalue weighted by Gasteiger charge is 2.22. The SMILES string of the molecule is CC(=O)C(Br)C(C)c1ccccc1F. The van der Waals surface area contributed by atoms with E-state index in [0.29, 0.717) is 5.56 Å². The topological polar surface area (TPSA) is 17.1 Å². The van der Waals surface area contributed by atoms with Crippen LogP contribution in [0.4, 0.5) is 4.39 Å². The third-order valence-corrected chi connectivity index (χ3v) is 3.66. The van der Waals surface area contributed by atoms with Crippen LogP contribution in [0.1, 0.15) is 25.3 Å².